The molecule has 7 heteroatoms. The van der Waals surface area contributed by atoms with Crippen LogP contribution in [0.5, 0.6) is 0 Å². The maximum Gasteiger partial charge on any atom is 0.339 e. The molecule has 0 saturated carbocycles. The molecule has 0 aromatic carbocycles. The van der Waals surface area contributed by atoms with Gasteiger partial charge in [0, 0.05) is 24.5 Å². The highest BCUT2D eigenvalue weighted by Gasteiger charge is 2.11. The fourth-order valence-electron chi connectivity index (χ4n) is 1.41. The summed E-state index contributed by atoms with van der Waals surface area (Å²) in [5.41, 5.74) is 0.110. The average Bonchev–Trinajstić information content (AvgIpc) is 2.82. The van der Waals surface area contributed by atoms with E-state index in [4.69, 9.17) is 16.7 Å². The van der Waals surface area contributed by atoms with Gasteiger partial charge in [0.2, 0.25) is 0 Å². The highest BCUT2D eigenvalue weighted by molar-refractivity contribution is 7.09. The molecule has 0 bridgehead atoms. The molecule has 0 aliphatic heterocycles. The lowest BCUT2D eigenvalue weighted by Crippen LogP contribution is -2.11. The van der Waals surface area contributed by atoms with Crippen molar-refractivity contribution < 1.29 is 9.90 Å². The molecule has 0 unspecified atom stereocenters. The van der Waals surface area contributed by atoms with E-state index in [-0.39, 0.29) is 16.5 Å². The van der Waals surface area contributed by atoms with Gasteiger partial charge in [-0.2, -0.15) is 0 Å². The van der Waals surface area contributed by atoms with Gasteiger partial charge in [-0.3, -0.25) is 0 Å². The third-order valence-electron chi connectivity index (χ3n) is 2.21. The topological polar surface area (TPSA) is 75.1 Å². The van der Waals surface area contributed by atoms with Crippen LogP contribution in [0.15, 0.2) is 23.7 Å². The molecule has 0 aliphatic rings. The third-order valence-corrected chi connectivity index (χ3v) is 3.26. The zero-order chi connectivity index (χ0) is 13.0. The number of carboxylic acid groups (broad SMARTS) is 1. The van der Waals surface area contributed by atoms with E-state index in [1.807, 2.05) is 5.38 Å². The molecule has 2 aromatic rings. The maximum atomic E-state index is 11.0. The fraction of sp³-hybridized carbons (Fsp3) is 0.182. The molecule has 18 heavy (non-hydrogen) atoms. The Morgan fingerprint density at radius 3 is 3.00 bits per heavy atom. The summed E-state index contributed by atoms with van der Waals surface area (Å²) in [6.45, 7) is 0.557. The lowest BCUT2D eigenvalue weighted by molar-refractivity contribution is 0.0697. The number of carboxylic acids is 1. The number of rotatable bonds is 5. The summed E-state index contributed by atoms with van der Waals surface area (Å²) >= 11 is 7.30. The molecular weight excluding hydrogens is 274 g/mol. The number of aromatic carboxylic acids is 1. The maximum absolute atomic E-state index is 11.0. The fourth-order valence-corrected chi connectivity index (χ4v) is 2.17. The van der Waals surface area contributed by atoms with Gasteiger partial charge in [0.25, 0.3) is 0 Å². The van der Waals surface area contributed by atoms with E-state index >= 15 is 0 Å². The van der Waals surface area contributed by atoms with Crippen LogP contribution in [0, 0.1) is 0 Å². The van der Waals surface area contributed by atoms with Crippen molar-refractivity contribution in [3.63, 3.8) is 0 Å². The molecular formula is C11H10ClN3O2S. The van der Waals surface area contributed by atoms with Crippen molar-refractivity contribution in [2.75, 3.05) is 11.9 Å². The minimum absolute atomic E-state index is 0.110. The summed E-state index contributed by atoms with van der Waals surface area (Å²) in [5, 5.41) is 15.1. The van der Waals surface area contributed by atoms with Gasteiger partial charge in [-0.15, -0.1) is 11.3 Å². The first-order chi connectivity index (χ1) is 8.66. The summed E-state index contributed by atoms with van der Waals surface area (Å²) in [7, 11) is 0. The number of hydrogen-bond donors (Lipinski definition) is 2. The predicted molar refractivity (Wildman–Crippen MR) is 70.5 cm³/mol. The lowest BCUT2D eigenvalue weighted by Gasteiger charge is -2.07. The Hall–Kier alpha value is -1.66. The van der Waals surface area contributed by atoms with Crippen LogP contribution in [0.2, 0.25) is 5.15 Å². The van der Waals surface area contributed by atoms with Crippen LogP contribution in [-0.2, 0) is 6.42 Å². The quantitative estimate of drug-likeness (QED) is 0.825. The number of hydrogen-bond acceptors (Lipinski definition) is 5. The number of aromatic nitrogens is 2. The van der Waals surface area contributed by atoms with Crippen LogP contribution in [0.4, 0.5) is 5.82 Å². The van der Waals surface area contributed by atoms with Gasteiger partial charge in [0.1, 0.15) is 16.5 Å². The summed E-state index contributed by atoms with van der Waals surface area (Å²) in [4.78, 5) is 19.1. The molecule has 94 valence electrons. The Bertz CT molecular complexity index is 545. The molecule has 0 fully saturated rings. The number of nitrogens with zero attached hydrogens (tertiary/aromatic N) is 2. The molecule has 0 amide bonds. The third kappa shape index (κ3) is 3.18. The summed E-state index contributed by atoms with van der Waals surface area (Å²) in [6.07, 6.45) is 2.45. The van der Waals surface area contributed by atoms with E-state index in [1.165, 1.54) is 12.1 Å². The van der Waals surface area contributed by atoms with Crippen LogP contribution in [0.3, 0.4) is 0 Å². The molecule has 0 atom stereocenters. The van der Waals surface area contributed by atoms with Crippen molar-refractivity contribution in [3.05, 3.63) is 39.4 Å². The second kappa shape index (κ2) is 5.79. The molecule has 0 saturated heterocycles. The summed E-state index contributed by atoms with van der Waals surface area (Å²) < 4.78 is 0. The van der Waals surface area contributed by atoms with Crippen LogP contribution >= 0.6 is 22.9 Å². The Kier molecular flexibility index (Phi) is 4.11. The van der Waals surface area contributed by atoms with Gasteiger partial charge in [-0.1, -0.05) is 11.6 Å². The normalized spacial score (nSPS) is 10.3. The van der Waals surface area contributed by atoms with Crippen LogP contribution in [0.25, 0.3) is 0 Å². The molecule has 5 nitrogen and oxygen atoms in total. The van der Waals surface area contributed by atoms with E-state index in [0.29, 0.717) is 13.0 Å². The largest absolute Gasteiger partial charge is 0.478 e. The van der Waals surface area contributed by atoms with Crippen molar-refractivity contribution >= 4 is 34.7 Å². The molecule has 0 aliphatic carbocycles. The second-order valence-corrected chi connectivity index (χ2v) is 4.80. The van der Waals surface area contributed by atoms with E-state index in [0.717, 1.165) is 5.01 Å². The SMILES string of the molecule is O=C(O)c1ccc(Cl)nc1NCCc1nccs1. The van der Waals surface area contributed by atoms with Crippen LogP contribution in [0.1, 0.15) is 15.4 Å². The summed E-state index contributed by atoms with van der Waals surface area (Å²) in [6, 6.07) is 2.89. The number of thiazole rings is 1. The first kappa shape index (κ1) is 12.8. The first-order valence-corrected chi connectivity index (χ1v) is 6.44. The van der Waals surface area contributed by atoms with Gasteiger partial charge in [-0.05, 0) is 12.1 Å². The minimum Gasteiger partial charge on any atom is -0.478 e. The number of carbonyl (C=O) groups is 1. The highest BCUT2D eigenvalue weighted by Crippen LogP contribution is 2.16. The van der Waals surface area contributed by atoms with Crippen molar-refractivity contribution in [2.24, 2.45) is 0 Å². The molecule has 2 heterocycles. The van der Waals surface area contributed by atoms with Crippen molar-refractivity contribution in [1.29, 1.82) is 0 Å². The molecule has 0 radical (unpaired) electrons. The van der Waals surface area contributed by atoms with Gasteiger partial charge in [0.05, 0.1) is 5.01 Å². The Morgan fingerprint density at radius 2 is 2.33 bits per heavy atom. The number of anilines is 1. The molecule has 0 spiro atoms. The van der Waals surface area contributed by atoms with E-state index in [1.54, 1.807) is 17.5 Å². The van der Waals surface area contributed by atoms with Crippen molar-refractivity contribution in [3.8, 4) is 0 Å². The molecule has 2 aromatic heterocycles. The lowest BCUT2D eigenvalue weighted by atomic mass is 10.2. The number of nitrogens with one attached hydrogen (secondary N) is 1. The first-order valence-electron chi connectivity index (χ1n) is 5.19. The van der Waals surface area contributed by atoms with Gasteiger partial charge in [-0.25, -0.2) is 14.8 Å². The van der Waals surface area contributed by atoms with E-state index < -0.39 is 5.97 Å². The highest BCUT2D eigenvalue weighted by atomic mass is 35.5. The van der Waals surface area contributed by atoms with Crippen LogP contribution in [-0.4, -0.2) is 27.6 Å². The number of pyridine rings is 1. The predicted octanol–water partition coefficient (Wildman–Crippen LogP) is 2.54. The average molecular weight is 284 g/mol. The molecule has 2 N–H and O–H groups in total. The number of halogens is 1. The van der Waals surface area contributed by atoms with Crippen LogP contribution < -0.4 is 5.32 Å². The zero-order valence-corrected chi connectivity index (χ0v) is 10.8. The standard InChI is InChI=1S/C11H10ClN3O2S/c12-8-2-1-7(11(16)17)10(15-8)14-4-3-9-13-5-6-18-9/h1-2,5-6H,3-4H2,(H,14,15)(H,16,17). The van der Waals surface area contributed by atoms with Crippen molar-refractivity contribution in [1.82, 2.24) is 9.97 Å². The van der Waals surface area contributed by atoms with E-state index in [2.05, 4.69) is 15.3 Å². The van der Waals surface area contributed by atoms with Crippen molar-refractivity contribution in [2.45, 2.75) is 6.42 Å². The minimum atomic E-state index is -1.03. The van der Waals surface area contributed by atoms with Gasteiger partial charge in [0.15, 0.2) is 0 Å². The smallest absolute Gasteiger partial charge is 0.339 e. The Balaban J connectivity index is 2.03. The molecule has 2 rings (SSSR count). The summed E-state index contributed by atoms with van der Waals surface area (Å²) in [5.74, 6) is -0.748. The van der Waals surface area contributed by atoms with Gasteiger partial charge < -0.3 is 10.4 Å². The Labute approximate surface area is 112 Å². The monoisotopic (exact) mass is 283 g/mol. The second-order valence-electron chi connectivity index (χ2n) is 3.44. The van der Waals surface area contributed by atoms with E-state index in [9.17, 15) is 4.79 Å². The zero-order valence-electron chi connectivity index (χ0n) is 9.26. The van der Waals surface area contributed by atoms with Gasteiger partial charge >= 0.3 is 5.97 Å². The Morgan fingerprint density at radius 1 is 1.50 bits per heavy atom.